The molecule has 0 aliphatic rings. The van der Waals surface area contributed by atoms with Crippen LogP contribution >= 0.6 is 15.9 Å². The molecule has 0 aliphatic heterocycles. The average Bonchev–Trinajstić information content (AvgIpc) is 2.36. The van der Waals surface area contributed by atoms with Crippen molar-refractivity contribution < 1.29 is 4.74 Å². The van der Waals surface area contributed by atoms with E-state index in [2.05, 4.69) is 52.2 Å². The minimum Gasteiger partial charge on any atom is -0.497 e. The number of nitrogens with one attached hydrogen (secondary N) is 1. The molecular formula is C16H19BrN2O. The zero-order chi connectivity index (χ0) is 14.7. The number of ether oxygens (including phenoxy) is 1. The molecule has 0 unspecified atom stereocenters. The van der Waals surface area contributed by atoms with Crippen LogP contribution in [-0.2, 0) is 6.54 Å². The second-order valence-corrected chi connectivity index (χ2v) is 5.82. The van der Waals surface area contributed by atoms with Crippen LogP contribution in [0.15, 0.2) is 28.7 Å². The van der Waals surface area contributed by atoms with E-state index in [1.807, 2.05) is 19.1 Å². The molecular weight excluding hydrogens is 316 g/mol. The number of methoxy groups -OCH3 is 1. The largest absolute Gasteiger partial charge is 0.497 e. The lowest BCUT2D eigenvalue weighted by molar-refractivity contribution is 0.413. The minimum atomic E-state index is 0.682. The van der Waals surface area contributed by atoms with E-state index in [4.69, 9.17) is 4.74 Å². The second kappa shape index (κ2) is 6.27. The van der Waals surface area contributed by atoms with Gasteiger partial charge in [-0.3, -0.25) is 4.98 Å². The number of hydrogen-bond acceptors (Lipinski definition) is 3. The Morgan fingerprint density at radius 3 is 2.35 bits per heavy atom. The van der Waals surface area contributed by atoms with Gasteiger partial charge in [-0.2, -0.15) is 0 Å². The van der Waals surface area contributed by atoms with Gasteiger partial charge in [-0.1, -0.05) is 15.9 Å². The zero-order valence-corrected chi connectivity index (χ0v) is 13.8. The first kappa shape index (κ1) is 14.9. The number of benzene rings is 1. The number of nitrogens with zero attached hydrogens (tertiary/aromatic N) is 1. The quantitative estimate of drug-likeness (QED) is 0.900. The number of rotatable bonds is 4. The van der Waals surface area contributed by atoms with Gasteiger partial charge >= 0.3 is 0 Å². The Morgan fingerprint density at radius 1 is 1.10 bits per heavy atom. The minimum absolute atomic E-state index is 0.682. The maximum atomic E-state index is 5.28. The molecule has 0 spiro atoms. The van der Waals surface area contributed by atoms with Gasteiger partial charge in [-0.05, 0) is 44.0 Å². The highest BCUT2D eigenvalue weighted by atomic mass is 79.9. The van der Waals surface area contributed by atoms with Crippen molar-refractivity contribution in [2.75, 3.05) is 12.4 Å². The Bertz CT molecular complexity index is 603. The number of pyridine rings is 1. The summed E-state index contributed by atoms with van der Waals surface area (Å²) in [6, 6.07) is 8.11. The summed E-state index contributed by atoms with van der Waals surface area (Å²) in [5.74, 6) is 0.846. The van der Waals surface area contributed by atoms with E-state index < -0.39 is 0 Å². The van der Waals surface area contributed by atoms with Crippen molar-refractivity contribution in [2.24, 2.45) is 0 Å². The molecule has 0 saturated carbocycles. The van der Waals surface area contributed by atoms with Gasteiger partial charge in [-0.15, -0.1) is 0 Å². The van der Waals surface area contributed by atoms with Crippen molar-refractivity contribution in [3.8, 4) is 5.75 Å². The predicted molar refractivity (Wildman–Crippen MR) is 86.5 cm³/mol. The summed E-state index contributed by atoms with van der Waals surface area (Å²) in [6.45, 7) is 6.86. The van der Waals surface area contributed by atoms with Crippen LogP contribution < -0.4 is 10.1 Å². The van der Waals surface area contributed by atoms with E-state index in [0.717, 1.165) is 27.3 Å². The first-order valence-electron chi connectivity index (χ1n) is 6.52. The molecule has 0 radical (unpaired) electrons. The highest BCUT2D eigenvalue weighted by Gasteiger charge is 2.06. The van der Waals surface area contributed by atoms with Crippen molar-refractivity contribution in [2.45, 2.75) is 27.3 Å². The monoisotopic (exact) mass is 334 g/mol. The molecule has 2 aromatic rings. The van der Waals surface area contributed by atoms with Gasteiger partial charge in [-0.25, -0.2) is 0 Å². The van der Waals surface area contributed by atoms with Crippen molar-refractivity contribution in [1.82, 2.24) is 4.98 Å². The summed E-state index contributed by atoms with van der Waals surface area (Å²) in [4.78, 5) is 4.52. The molecule has 0 atom stereocenters. The normalized spacial score (nSPS) is 10.4. The molecule has 2 rings (SSSR count). The molecule has 4 heteroatoms. The lowest BCUT2D eigenvalue weighted by Crippen LogP contribution is -2.05. The van der Waals surface area contributed by atoms with Gasteiger partial charge in [0.15, 0.2) is 0 Å². The standard InChI is InChI=1S/C16H19BrN2O/c1-10-5-13(17)6-11(2)16(10)18-9-14-8-15(20-4)7-12(3)19-14/h5-8,18H,9H2,1-4H3. The van der Waals surface area contributed by atoms with Gasteiger partial charge in [0.25, 0.3) is 0 Å². The Kier molecular flexibility index (Phi) is 4.65. The Morgan fingerprint density at radius 2 is 1.75 bits per heavy atom. The van der Waals surface area contributed by atoms with Crippen LogP contribution in [0.1, 0.15) is 22.5 Å². The molecule has 106 valence electrons. The number of halogens is 1. The van der Waals surface area contributed by atoms with Gasteiger partial charge in [0.2, 0.25) is 0 Å². The number of aromatic nitrogens is 1. The summed E-state index contributed by atoms with van der Waals surface area (Å²) < 4.78 is 6.38. The van der Waals surface area contributed by atoms with E-state index in [0.29, 0.717) is 6.54 Å². The predicted octanol–water partition coefficient (Wildman–Crippen LogP) is 4.39. The van der Waals surface area contributed by atoms with Crippen LogP contribution in [0.4, 0.5) is 5.69 Å². The summed E-state index contributed by atoms with van der Waals surface area (Å²) >= 11 is 3.51. The molecule has 0 fully saturated rings. The molecule has 3 nitrogen and oxygen atoms in total. The van der Waals surface area contributed by atoms with E-state index in [-0.39, 0.29) is 0 Å². The van der Waals surface area contributed by atoms with Crippen LogP contribution in [0.25, 0.3) is 0 Å². The van der Waals surface area contributed by atoms with E-state index in [9.17, 15) is 0 Å². The Balaban J connectivity index is 2.19. The SMILES string of the molecule is COc1cc(C)nc(CNc2c(C)cc(Br)cc2C)c1. The molecule has 1 aromatic carbocycles. The fourth-order valence-corrected chi connectivity index (χ4v) is 2.97. The van der Waals surface area contributed by atoms with Gasteiger partial charge < -0.3 is 10.1 Å². The number of anilines is 1. The van der Waals surface area contributed by atoms with Gasteiger partial charge in [0, 0.05) is 28.0 Å². The van der Waals surface area contributed by atoms with Crippen LogP contribution in [0.3, 0.4) is 0 Å². The van der Waals surface area contributed by atoms with Crippen LogP contribution in [0, 0.1) is 20.8 Å². The molecule has 0 amide bonds. The maximum absolute atomic E-state index is 5.28. The van der Waals surface area contributed by atoms with E-state index in [1.54, 1.807) is 7.11 Å². The third kappa shape index (κ3) is 3.51. The topological polar surface area (TPSA) is 34.1 Å². The smallest absolute Gasteiger partial charge is 0.122 e. The van der Waals surface area contributed by atoms with Crippen LogP contribution in [0.5, 0.6) is 5.75 Å². The molecule has 1 aromatic heterocycles. The van der Waals surface area contributed by atoms with Gasteiger partial charge in [0.05, 0.1) is 19.3 Å². The van der Waals surface area contributed by atoms with Crippen LogP contribution in [0.2, 0.25) is 0 Å². The Hall–Kier alpha value is -1.55. The number of hydrogen-bond donors (Lipinski definition) is 1. The van der Waals surface area contributed by atoms with Crippen LogP contribution in [-0.4, -0.2) is 12.1 Å². The molecule has 0 bridgehead atoms. The average molecular weight is 335 g/mol. The van der Waals surface area contributed by atoms with Crippen molar-refractivity contribution >= 4 is 21.6 Å². The lowest BCUT2D eigenvalue weighted by Gasteiger charge is -2.14. The summed E-state index contributed by atoms with van der Waals surface area (Å²) in [5, 5.41) is 3.46. The van der Waals surface area contributed by atoms with Crippen molar-refractivity contribution in [3.05, 3.63) is 51.3 Å². The molecule has 1 N–H and O–H groups in total. The maximum Gasteiger partial charge on any atom is 0.122 e. The summed E-state index contributed by atoms with van der Waals surface area (Å²) in [6.07, 6.45) is 0. The molecule has 0 aliphatic carbocycles. The van der Waals surface area contributed by atoms with E-state index >= 15 is 0 Å². The van der Waals surface area contributed by atoms with Crippen molar-refractivity contribution in [3.63, 3.8) is 0 Å². The summed E-state index contributed by atoms with van der Waals surface area (Å²) in [5.41, 5.74) is 5.54. The first-order chi connectivity index (χ1) is 9.49. The Labute approximate surface area is 128 Å². The van der Waals surface area contributed by atoms with Crippen molar-refractivity contribution in [1.29, 1.82) is 0 Å². The molecule has 20 heavy (non-hydrogen) atoms. The highest BCUT2D eigenvalue weighted by molar-refractivity contribution is 9.10. The van der Waals surface area contributed by atoms with Gasteiger partial charge in [0.1, 0.15) is 5.75 Å². The third-order valence-corrected chi connectivity index (χ3v) is 3.62. The molecule has 0 saturated heterocycles. The fourth-order valence-electron chi connectivity index (χ4n) is 2.28. The second-order valence-electron chi connectivity index (χ2n) is 4.91. The molecule has 1 heterocycles. The number of aryl methyl sites for hydroxylation is 3. The summed E-state index contributed by atoms with van der Waals surface area (Å²) in [7, 11) is 1.68. The third-order valence-electron chi connectivity index (χ3n) is 3.16. The highest BCUT2D eigenvalue weighted by Crippen LogP contribution is 2.25. The zero-order valence-electron chi connectivity index (χ0n) is 12.2. The fraction of sp³-hybridized carbons (Fsp3) is 0.312. The lowest BCUT2D eigenvalue weighted by atomic mass is 10.1. The van der Waals surface area contributed by atoms with E-state index in [1.165, 1.54) is 11.1 Å². The first-order valence-corrected chi connectivity index (χ1v) is 7.31.